The number of carbonyl (C=O) groups is 2. The minimum absolute atomic E-state index is 0.00971. The number of aromatic nitrogens is 1. The van der Waals surface area contributed by atoms with Crippen LogP contribution >= 0.6 is 0 Å². The van der Waals surface area contributed by atoms with Crippen molar-refractivity contribution in [2.75, 3.05) is 6.61 Å². The molecule has 1 aromatic heterocycles. The number of Topliss-reactive ketones (excluding diaryl/α,β-unsaturated/α-hetero) is 1. The zero-order valence-electron chi connectivity index (χ0n) is 13.9. The van der Waals surface area contributed by atoms with Crippen LogP contribution < -0.4 is 5.43 Å². The molecule has 5 heteroatoms. The number of nitrogens with zero attached hydrogens (tertiary/aromatic N) is 1. The molecule has 0 atom stereocenters. The third kappa shape index (κ3) is 3.18. The van der Waals surface area contributed by atoms with E-state index in [2.05, 4.69) is 0 Å². The standard InChI is InChI=1S/C18H21NO4/c1-5-7-16(20)12-9-13-15(8-11(12)3)19(4)10-14(17(13)21)18(22)23-6-2/h8-10H,5-7H2,1-4H3. The van der Waals surface area contributed by atoms with E-state index >= 15 is 0 Å². The van der Waals surface area contributed by atoms with Gasteiger partial charge in [-0.05, 0) is 38.0 Å². The van der Waals surface area contributed by atoms with E-state index in [4.69, 9.17) is 4.74 Å². The van der Waals surface area contributed by atoms with Crippen LogP contribution in [0.1, 0.15) is 53.0 Å². The third-order valence-corrected chi connectivity index (χ3v) is 3.81. The second-order valence-corrected chi connectivity index (χ2v) is 5.56. The quantitative estimate of drug-likeness (QED) is 0.628. The molecule has 0 aliphatic heterocycles. The lowest BCUT2D eigenvalue weighted by Gasteiger charge is -2.12. The first-order valence-corrected chi connectivity index (χ1v) is 7.75. The van der Waals surface area contributed by atoms with Gasteiger partial charge in [-0.15, -0.1) is 0 Å². The zero-order valence-corrected chi connectivity index (χ0v) is 13.9. The van der Waals surface area contributed by atoms with Crippen LogP contribution in [0, 0.1) is 6.92 Å². The molecule has 0 aliphatic rings. The van der Waals surface area contributed by atoms with Crippen molar-refractivity contribution in [2.45, 2.75) is 33.6 Å². The topological polar surface area (TPSA) is 65.4 Å². The number of hydrogen-bond donors (Lipinski definition) is 0. The number of carbonyl (C=O) groups excluding carboxylic acids is 2. The molecule has 1 aromatic carbocycles. The first kappa shape index (κ1) is 16.9. The van der Waals surface area contributed by atoms with Crippen LogP contribution in [0.3, 0.4) is 0 Å². The van der Waals surface area contributed by atoms with Crippen LogP contribution in [0.15, 0.2) is 23.1 Å². The summed E-state index contributed by atoms with van der Waals surface area (Å²) in [5, 5.41) is 0.364. The maximum atomic E-state index is 12.6. The van der Waals surface area contributed by atoms with E-state index in [1.807, 2.05) is 19.9 Å². The minimum atomic E-state index is -0.642. The molecule has 1 heterocycles. The van der Waals surface area contributed by atoms with E-state index in [-0.39, 0.29) is 18.0 Å². The summed E-state index contributed by atoms with van der Waals surface area (Å²) in [5.41, 5.74) is 1.64. The van der Waals surface area contributed by atoms with Crippen LogP contribution in [0.4, 0.5) is 0 Å². The highest BCUT2D eigenvalue weighted by Crippen LogP contribution is 2.20. The monoisotopic (exact) mass is 315 g/mol. The summed E-state index contributed by atoms with van der Waals surface area (Å²) in [5.74, 6) is -0.632. The molecule has 0 aliphatic carbocycles. The summed E-state index contributed by atoms with van der Waals surface area (Å²) in [6.45, 7) is 5.68. The number of ether oxygens (including phenoxy) is 1. The number of rotatable bonds is 5. The molecule has 0 N–H and O–H groups in total. The summed E-state index contributed by atoms with van der Waals surface area (Å²) in [6.07, 6.45) is 2.66. The SMILES string of the molecule is CCCC(=O)c1cc2c(=O)c(C(=O)OCC)cn(C)c2cc1C. The van der Waals surface area contributed by atoms with Crippen molar-refractivity contribution >= 4 is 22.7 Å². The van der Waals surface area contributed by atoms with Gasteiger partial charge in [-0.3, -0.25) is 9.59 Å². The molecule has 0 fully saturated rings. The Morgan fingerprint density at radius 1 is 1.17 bits per heavy atom. The molecule has 0 unspecified atom stereocenters. The molecule has 0 spiro atoms. The average Bonchev–Trinajstić information content (AvgIpc) is 2.50. The van der Waals surface area contributed by atoms with Crippen molar-refractivity contribution in [3.8, 4) is 0 Å². The lowest BCUT2D eigenvalue weighted by molar-refractivity contribution is 0.0524. The van der Waals surface area contributed by atoms with E-state index in [9.17, 15) is 14.4 Å². The number of benzene rings is 1. The molecule has 5 nitrogen and oxygen atoms in total. The second kappa shape index (κ2) is 6.77. The Balaban J connectivity index is 2.72. The highest BCUT2D eigenvalue weighted by atomic mass is 16.5. The predicted octanol–water partition coefficient (Wildman–Crippen LogP) is 3.01. The van der Waals surface area contributed by atoms with Crippen LogP contribution in [-0.4, -0.2) is 22.9 Å². The van der Waals surface area contributed by atoms with Gasteiger partial charge in [-0.25, -0.2) is 4.79 Å². The summed E-state index contributed by atoms with van der Waals surface area (Å²) >= 11 is 0. The Hall–Kier alpha value is -2.43. The van der Waals surface area contributed by atoms with Gasteiger partial charge in [0.05, 0.1) is 12.1 Å². The predicted molar refractivity (Wildman–Crippen MR) is 89.1 cm³/mol. The number of esters is 1. The van der Waals surface area contributed by atoms with Crippen LogP contribution in [0.5, 0.6) is 0 Å². The molecule has 122 valence electrons. The van der Waals surface area contributed by atoms with E-state index in [0.29, 0.717) is 22.9 Å². The van der Waals surface area contributed by atoms with Crippen molar-refractivity contribution in [2.24, 2.45) is 7.05 Å². The molecule has 23 heavy (non-hydrogen) atoms. The summed E-state index contributed by atoms with van der Waals surface area (Å²) in [6, 6.07) is 3.42. The van der Waals surface area contributed by atoms with Gasteiger partial charge < -0.3 is 9.30 Å². The van der Waals surface area contributed by atoms with Gasteiger partial charge in [0.25, 0.3) is 0 Å². The highest BCUT2D eigenvalue weighted by molar-refractivity contribution is 6.02. The summed E-state index contributed by atoms with van der Waals surface area (Å²) in [7, 11) is 1.76. The largest absolute Gasteiger partial charge is 0.462 e. The third-order valence-electron chi connectivity index (χ3n) is 3.81. The van der Waals surface area contributed by atoms with Crippen molar-refractivity contribution < 1.29 is 14.3 Å². The second-order valence-electron chi connectivity index (χ2n) is 5.56. The number of ketones is 1. The fourth-order valence-electron chi connectivity index (χ4n) is 2.65. The summed E-state index contributed by atoms with van der Waals surface area (Å²) < 4.78 is 6.65. The van der Waals surface area contributed by atoms with Gasteiger partial charge >= 0.3 is 5.97 Å². The number of hydrogen-bond acceptors (Lipinski definition) is 4. The Morgan fingerprint density at radius 3 is 2.48 bits per heavy atom. The highest BCUT2D eigenvalue weighted by Gasteiger charge is 2.18. The number of fused-ring (bicyclic) bond motifs is 1. The number of pyridine rings is 1. The van der Waals surface area contributed by atoms with E-state index < -0.39 is 11.4 Å². The van der Waals surface area contributed by atoms with Gasteiger partial charge in [-0.1, -0.05) is 6.92 Å². The maximum Gasteiger partial charge on any atom is 0.343 e. The molecule has 0 amide bonds. The normalized spacial score (nSPS) is 10.8. The lowest BCUT2D eigenvalue weighted by atomic mass is 9.98. The van der Waals surface area contributed by atoms with Crippen LogP contribution in [0.25, 0.3) is 10.9 Å². The van der Waals surface area contributed by atoms with Crippen LogP contribution in [-0.2, 0) is 11.8 Å². The molecule has 0 radical (unpaired) electrons. The average molecular weight is 315 g/mol. The molecule has 0 saturated heterocycles. The van der Waals surface area contributed by atoms with Crippen molar-refractivity contribution in [1.82, 2.24) is 4.57 Å². The Labute approximate surface area is 134 Å². The van der Waals surface area contributed by atoms with E-state index in [1.54, 1.807) is 24.6 Å². The zero-order chi connectivity index (χ0) is 17.1. The molecule has 0 saturated carbocycles. The Bertz CT molecular complexity index is 833. The molecule has 2 aromatic rings. The van der Waals surface area contributed by atoms with Crippen molar-refractivity contribution in [1.29, 1.82) is 0 Å². The first-order valence-electron chi connectivity index (χ1n) is 7.75. The van der Waals surface area contributed by atoms with Crippen molar-refractivity contribution in [3.05, 3.63) is 45.2 Å². The molecular weight excluding hydrogens is 294 g/mol. The lowest BCUT2D eigenvalue weighted by Crippen LogP contribution is -2.20. The Morgan fingerprint density at radius 2 is 1.87 bits per heavy atom. The molecular formula is C18H21NO4. The van der Waals surface area contributed by atoms with Gasteiger partial charge in [0.1, 0.15) is 5.56 Å². The maximum absolute atomic E-state index is 12.6. The van der Waals surface area contributed by atoms with Crippen molar-refractivity contribution in [3.63, 3.8) is 0 Å². The van der Waals surface area contributed by atoms with Crippen LogP contribution in [0.2, 0.25) is 0 Å². The van der Waals surface area contributed by atoms with Gasteiger partial charge in [-0.2, -0.15) is 0 Å². The van der Waals surface area contributed by atoms with Gasteiger partial charge in [0, 0.05) is 30.6 Å². The first-order chi connectivity index (χ1) is 10.9. The van der Waals surface area contributed by atoms with E-state index in [0.717, 1.165) is 12.0 Å². The smallest absolute Gasteiger partial charge is 0.343 e. The number of aryl methyl sites for hydroxylation is 2. The fraction of sp³-hybridized carbons (Fsp3) is 0.389. The fourth-order valence-corrected chi connectivity index (χ4v) is 2.65. The molecule has 0 bridgehead atoms. The Kier molecular flexibility index (Phi) is 4.98. The summed E-state index contributed by atoms with van der Waals surface area (Å²) in [4.78, 5) is 36.8. The minimum Gasteiger partial charge on any atom is -0.462 e. The molecule has 2 rings (SSSR count). The van der Waals surface area contributed by atoms with Gasteiger partial charge in [0.2, 0.25) is 5.43 Å². The van der Waals surface area contributed by atoms with E-state index in [1.165, 1.54) is 6.20 Å². The van der Waals surface area contributed by atoms with Gasteiger partial charge in [0.15, 0.2) is 5.78 Å².